The van der Waals surface area contributed by atoms with E-state index in [9.17, 15) is 0 Å². The second-order valence-electron chi connectivity index (χ2n) is 1.84. The Bertz CT molecular complexity index is 230. The molecule has 2 heterocycles. The molecule has 1 aliphatic rings. The summed E-state index contributed by atoms with van der Waals surface area (Å²) in [4.78, 5) is 0. The highest BCUT2D eigenvalue weighted by molar-refractivity contribution is 5.31. The molecule has 2 rings (SSSR count). The molecule has 0 bridgehead atoms. The van der Waals surface area contributed by atoms with Crippen LogP contribution >= 0.6 is 0 Å². The zero-order valence-electron chi connectivity index (χ0n) is 5.14. The van der Waals surface area contributed by atoms with Crippen LogP contribution in [0.4, 0.5) is 5.82 Å². The van der Waals surface area contributed by atoms with Crippen molar-refractivity contribution < 1.29 is 4.52 Å². The van der Waals surface area contributed by atoms with Crippen LogP contribution in [-0.4, -0.2) is 23.5 Å². The zero-order chi connectivity index (χ0) is 6.81. The number of nitrogens with zero attached hydrogens (tertiary/aromatic N) is 5. The smallest absolute Gasteiger partial charge is 0.214 e. The molecule has 0 spiro atoms. The van der Waals surface area contributed by atoms with Crippen LogP contribution in [0.3, 0.4) is 0 Å². The van der Waals surface area contributed by atoms with E-state index in [4.69, 9.17) is 0 Å². The molecular formula is C4H5N5O. The van der Waals surface area contributed by atoms with Crippen LogP contribution in [0.2, 0.25) is 0 Å². The third kappa shape index (κ3) is 0.734. The van der Waals surface area contributed by atoms with Gasteiger partial charge in [0.05, 0.1) is 13.1 Å². The maximum Gasteiger partial charge on any atom is 0.214 e. The molecule has 0 radical (unpaired) electrons. The summed E-state index contributed by atoms with van der Waals surface area (Å²) >= 11 is 0. The van der Waals surface area contributed by atoms with Gasteiger partial charge in [0.1, 0.15) is 0 Å². The van der Waals surface area contributed by atoms with Crippen molar-refractivity contribution in [2.24, 2.45) is 10.3 Å². The van der Waals surface area contributed by atoms with Crippen molar-refractivity contribution in [3.05, 3.63) is 6.26 Å². The van der Waals surface area contributed by atoms with E-state index in [-0.39, 0.29) is 0 Å². The van der Waals surface area contributed by atoms with Gasteiger partial charge in [-0.2, -0.15) is 5.11 Å². The van der Waals surface area contributed by atoms with Crippen molar-refractivity contribution in [2.45, 2.75) is 0 Å². The molecule has 0 fully saturated rings. The summed E-state index contributed by atoms with van der Waals surface area (Å²) < 4.78 is 4.52. The minimum atomic E-state index is 0.612. The lowest BCUT2D eigenvalue weighted by Crippen LogP contribution is -2.13. The predicted octanol–water partition coefficient (Wildman–Crippen LogP) is 0.257. The average Bonchev–Trinajstić information content (AvgIpc) is 2.59. The lowest BCUT2D eigenvalue weighted by atomic mass is 10.6. The molecule has 6 nitrogen and oxygen atoms in total. The second-order valence-corrected chi connectivity index (χ2v) is 1.84. The van der Waals surface area contributed by atoms with E-state index in [1.807, 2.05) is 0 Å². The van der Waals surface area contributed by atoms with Gasteiger partial charge < -0.3 is 4.52 Å². The van der Waals surface area contributed by atoms with E-state index >= 15 is 0 Å². The number of rotatable bonds is 1. The lowest BCUT2D eigenvalue weighted by molar-refractivity contribution is 0.393. The Kier molecular flexibility index (Phi) is 1.09. The molecule has 0 aromatic carbocycles. The van der Waals surface area contributed by atoms with Crippen LogP contribution in [0.5, 0.6) is 0 Å². The maximum absolute atomic E-state index is 4.52. The van der Waals surface area contributed by atoms with Crippen molar-refractivity contribution in [2.75, 3.05) is 18.1 Å². The van der Waals surface area contributed by atoms with Crippen LogP contribution in [0.1, 0.15) is 0 Å². The standard InChI is InChI=1S/C4H5N5O/c1-2-9(7-5-1)4-3-10-8-6-4/h3H,1-2H2. The molecule has 1 aliphatic heterocycles. The Morgan fingerprint density at radius 3 is 3.20 bits per heavy atom. The molecule has 0 atom stereocenters. The summed E-state index contributed by atoms with van der Waals surface area (Å²) in [5.74, 6) is 0.612. The first-order valence-corrected chi connectivity index (χ1v) is 2.89. The summed E-state index contributed by atoms with van der Waals surface area (Å²) in [6.07, 6.45) is 1.43. The monoisotopic (exact) mass is 139 g/mol. The third-order valence-corrected chi connectivity index (χ3v) is 1.20. The molecule has 10 heavy (non-hydrogen) atoms. The highest BCUT2D eigenvalue weighted by Gasteiger charge is 2.12. The Hall–Kier alpha value is -1.46. The average molecular weight is 139 g/mol. The Labute approximate surface area is 56.5 Å². The molecular weight excluding hydrogens is 134 g/mol. The van der Waals surface area contributed by atoms with E-state index < -0.39 is 0 Å². The molecule has 1 aromatic heterocycles. The topological polar surface area (TPSA) is 66.9 Å². The first-order chi connectivity index (χ1) is 4.97. The fraction of sp³-hybridized carbons (Fsp3) is 0.500. The van der Waals surface area contributed by atoms with Crippen molar-refractivity contribution in [1.29, 1.82) is 0 Å². The van der Waals surface area contributed by atoms with Crippen molar-refractivity contribution >= 4 is 5.82 Å². The van der Waals surface area contributed by atoms with E-state index in [0.29, 0.717) is 12.4 Å². The van der Waals surface area contributed by atoms with Gasteiger partial charge in [-0.1, -0.05) is 10.3 Å². The van der Waals surface area contributed by atoms with E-state index in [2.05, 4.69) is 25.2 Å². The van der Waals surface area contributed by atoms with E-state index in [0.717, 1.165) is 6.54 Å². The van der Waals surface area contributed by atoms with Gasteiger partial charge >= 0.3 is 0 Å². The summed E-state index contributed by atoms with van der Waals surface area (Å²) in [6.45, 7) is 1.47. The molecule has 0 amide bonds. The maximum atomic E-state index is 4.52. The summed E-state index contributed by atoms with van der Waals surface area (Å²) in [5, 5.41) is 16.1. The van der Waals surface area contributed by atoms with Gasteiger partial charge in [-0.25, -0.2) is 5.01 Å². The lowest BCUT2D eigenvalue weighted by Gasteiger charge is -2.02. The van der Waals surface area contributed by atoms with Crippen LogP contribution in [0, 0.1) is 0 Å². The second kappa shape index (κ2) is 2.05. The SMILES string of the molecule is c1onnc1N1CCN=N1. The van der Waals surface area contributed by atoms with Crippen LogP contribution < -0.4 is 5.01 Å². The Morgan fingerprint density at radius 1 is 1.60 bits per heavy atom. The normalized spacial score (nSPS) is 16.6. The Morgan fingerprint density at radius 2 is 2.60 bits per heavy atom. The third-order valence-electron chi connectivity index (χ3n) is 1.20. The fourth-order valence-corrected chi connectivity index (χ4v) is 0.738. The zero-order valence-corrected chi connectivity index (χ0v) is 5.14. The van der Waals surface area contributed by atoms with Crippen LogP contribution in [0.15, 0.2) is 21.1 Å². The molecule has 0 N–H and O–H groups in total. The van der Waals surface area contributed by atoms with Gasteiger partial charge in [-0.15, -0.1) is 0 Å². The summed E-state index contributed by atoms with van der Waals surface area (Å²) in [7, 11) is 0. The fourth-order valence-electron chi connectivity index (χ4n) is 0.738. The first-order valence-electron chi connectivity index (χ1n) is 2.89. The van der Waals surface area contributed by atoms with Crippen molar-refractivity contribution in [1.82, 2.24) is 10.4 Å². The quantitative estimate of drug-likeness (QED) is 0.559. The predicted molar refractivity (Wildman–Crippen MR) is 31.4 cm³/mol. The van der Waals surface area contributed by atoms with Gasteiger partial charge in [-0.3, -0.25) is 0 Å². The van der Waals surface area contributed by atoms with Crippen molar-refractivity contribution in [3.8, 4) is 0 Å². The highest BCUT2D eigenvalue weighted by atomic mass is 16.5. The minimum absolute atomic E-state index is 0.612. The van der Waals surface area contributed by atoms with Gasteiger partial charge in [0, 0.05) is 5.27 Å². The minimum Gasteiger partial charge on any atom is -0.343 e. The van der Waals surface area contributed by atoms with Crippen LogP contribution in [-0.2, 0) is 0 Å². The number of hydrogen-bond donors (Lipinski definition) is 0. The van der Waals surface area contributed by atoms with Gasteiger partial charge in [0.15, 0.2) is 6.26 Å². The van der Waals surface area contributed by atoms with Gasteiger partial charge in [0.25, 0.3) is 0 Å². The van der Waals surface area contributed by atoms with Crippen molar-refractivity contribution in [3.63, 3.8) is 0 Å². The van der Waals surface area contributed by atoms with E-state index in [1.54, 1.807) is 5.01 Å². The first kappa shape index (κ1) is 5.33. The van der Waals surface area contributed by atoms with Gasteiger partial charge in [0.2, 0.25) is 5.82 Å². The molecule has 0 saturated heterocycles. The van der Waals surface area contributed by atoms with E-state index in [1.165, 1.54) is 6.26 Å². The molecule has 6 heteroatoms. The summed E-state index contributed by atoms with van der Waals surface area (Å²) in [6, 6.07) is 0. The van der Waals surface area contributed by atoms with Crippen LogP contribution in [0.25, 0.3) is 0 Å². The number of aromatic nitrogens is 2. The molecule has 0 saturated carbocycles. The highest BCUT2D eigenvalue weighted by Crippen LogP contribution is 2.11. The molecule has 1 aromatic rings. The number of hydrogen-bond acceptors (Lipinski definition) is 6. The Balaban J connectivity index is 2.20. The number of anilines is 1. The molecule has 0 unspecified atom stereocenters. The largest absolute Gasteiger partial charge is 0.343 e. The molecule has 52 valence electrons. The van der Waals surface area contributed by atoms with Gasteiger partial charge in [-0.05, 0) is 0 Å². The molecule has 0 aliphatic carbocycles. The summed E-state index contributed by atoms with van der Waals surface area (Å²) in [5.41, 5.74) is 0.